The van der Waals surface area contributed by atoms with E-state index in [0.29, 0.717) is 17.2 Å². The zero-order valence-corrected chi connectivity index (χ0v) is 10.7. The Morgan fingerprint density at radius 2 is 2.06 bits per heavy atom. The van der Waals surface area contributed by atoms with Gasteiger partial charge in [-0.2, -0.15) is 0 Å². The monoisotopic (exact) mass is 264 g/mol. The highest BCUT2D eigenvalue weighted by Crippen LogP contribution is 2.29. The van der Waals surface area contributed by atoms with Crippen LogP contribution in [0.15, 0.2) is 30.3 Å². The topological polar surface area (TPSA) is 46.5 Å². The quantitative estimate of drug-likeness (QED) is 0.865. The van der Waals surface area contributed by atoms with Gasteiger partial charge in [0, 0.05) is 5.02 Å². The Labute approximate surface area is 110 Å². The lowest BCUT2D eigenvalue weighted by molar-refractivity contribution is -0.142. The molecule has 2 aromatic rings. The van der Waals surface area contributed by atoms with Gasteiger partial charge in [0.15, 0.2) is 0 Å². The van der Waals surface area contributed by atoms with E-state index in [2.05, 4.69) is 0 Å². The summed E-state index contributed by atoms with van der Waals surface area (Å²) in [4.78, 5) is 11.5. The van der Waals surface area contributed by atoms with Crippen LogP contribution in [0, 0.1) is 0 Å². The molecule has 1 N–H and O–H groups in total. The highest BCUT2D eigenvalue weighted by Gasteiger charge is 2.12. The molecule has 0 unspecified atom stereocenters. The summed E-state index contributed by atoms with van der Waals surface area (Å²) >= 11 is 6.11. The Bertz CT molecular complexity index is 588. The van der Waals surface area contributed by atoms with Gasteiger partial charge in [-0.05, 0) is 41.5 Å². The highest BCUT2D eigenvalue weighted by atomic mass is 35.5. The molecular formula is C14H13ClO3. The zero-order valence-electron chi connectivity index (χ0n) is 9.94. The Morgan fingerprint density at radius 3 is 2.78 bits per heavy atom. The molecule has 94 valence electrons. The second kappa shape index (κ2) is 5.27. The van der Waals surface area contributed by atoms with Crippen LogP contribution in [-0.2, 0) is 16.0 Å². The van der Waals surface area contributed by atoms with Gasteiger partial charge in [-0.3, -0.25) is 4.79 Å². The fourth-order valence-electron chi connectivity index (χ4n) is 1.88. The first-order chi connectivity index (χ1) is 8.61. The number of halogens is 1. The second-order valence-corrected chi connectivity index (χ2v) is 4.32. The van der Waals surface area contributed by atoms with E-state index in [1.807, 2.05) is 6.07 Å². The summed E-state index contributed by atoms with van der Waals surface area (Å²) in [6, 6.07) is 8.59. The molecule has 0 aromatic heterocycles. The van der Waals surface area contributed by atoms with E-state index in [-0.39, 0.29) is 18.1 Å². The van der Waals surface area contributed by atoms with Gasteiger partial charge in [0.05, 0.1) is 13.0 Å². The van der Waals surface area contributed by atoms with Crippen molar-refractivity contribution in [1.29, 1.82) is 0 Å². The van der Waals surface area contributed by atoms with Crippen LogP contribution in [0.5, 0.6) is 5.75 Å². The molecule has 2 rings (SSSR count). The first-order valence-corrected chi connectivity index (χ1v) is 6.05. The van der Waals surface area contributed by atoms with Crippen molar-refractivity contribution in [2.24, 2.45) is 0 Å². The molecule has 18 heavy (non-hydrogen) atoms. The largest absolute Gasteiger partial charge is 0.508 e. The molecule has 0 saturated heterocycles. The van der Waals surface area contributed by atoms with Crippen molar-refractivity contribution >= 4 is 28.3 Å². The van der Waals surface area contributed by atoms with Crippen molar-refractivity contribution in [3.8, 4) is 5.75 Å². The van der Waals surface area contributed by atoms with Gasteiger partial charge in [-0.15, -0.1) is 0 Å². The summed E-state index contributed by atoms with van der Waals surface area (Å²) in [7, 11) is 0. The SMILES string of the molecule is CCOC(=O)Cc1c(Cl)ccc2ccc(O)cc12. The molecule has 0 aliphatic rings. The molecule has 0 aliphatic carbocycles. The van der Waals surface area contributed by atoms with Crippen molar-refractivity contribution in [3.63, 3.8) is 0 Å². The predicted octanol–water partition coefficient (Wildman–Crippen LogP) is 3.30. The van der Waals surface area contributed by atoms with Crippen LogP contribution in [0.1, 0.15) is 12.5 Å². The lowest BCUT2D eigenvalue weighted by Gasteiger charge is -2.09. The first-order valence-electron chi connectivity index (χ1n) is 5.67. The Kier molecular flexibility index (Phi) is 3.72. The van der Waals surface area contributed by atoms with E-state index in [1.54, 1.807) is 31.2 Å². The maximum absolute atomic E-state index is 11.5. The summed E-state index contributed by atoms with van der Waals surface area (Å²) in [6.07, 6.45) is 0.105. The number of esters is 1. The number of hydrogen-bond acceptors (Lipinski definition) is 3. The molecule has 0 spiro atoms. The van der Waals surface area contributed by atoms with Crippen LogP contribution >= 0.6 is 11.6 Å². The molecule has 0 bridgehead atoms. The van der Waals surface area contributed by atoms with E-state index in [4.69, 9.17) is 16.3 Å². The third-order valence-corrected chi connectivity index (χ3v) is 3.04. The molecule has 3 nitrogen and oxygen atoms in total. The number of phenolic OH excluding ortho intramolecular Hbond substituents is 1. The molecule has 0 heterocycles. The van der Waals surface area contributed by atoms with Crippen LogP contribution in [0.4, 0.5) is 0 Å². The summed E-state index contributed by atoms with van der Waals surface area (Å²) in [5, 5.41) is 11.7. The summed E-state index contributed by atoms with van der Waals surface area (Å²) in [5.74, 6) is -0.176. The molecule has 0 amide bonds. The maximum atomic E-state index is 11.5. The number of carbonyl (C=O) groups excluding carboxylic acids is 1. The van der Waals surface area contributed by atoms with Gasteiger partial charge in [-0.25, -0.2) is 0 Å². The lowest BCUT2D eigenvalue weighted by atomic mass is 10.0. The van der Waals surface area contributed by atoms with Crippen LogP contribution in [0.25, 0.3) is 10.8 Å². The number of fused-ring (bicyclic) bond motifs is 1. The van der Waals surface area contributed by atoms with E-state index in [1.165, 1.54) is 0 Å². The number of aromatic hydroxyl groups is 1. The van der Waals surface area contributed by atoms with Crippen molar-refractivity contribution in [1.82, 2.24) is 0 Å². The van der Waals surface area contributed by atoms with Crippen molar-refractivity contribution in [3.05, 3.63) is 40.9 Å². The van der Waals surface area contributed by atoms with Gasteiger partial charge in [0.25, 0.3) is 0 Å². The molecular weight excluding hydrogens is 252 g/mol. The number of carbonyl (C=O) groups is 1. The van der Waals surface area contributed by atoms with E-state index in [9.17, 15) is 9.90 Å². The van der Waals surface area contributed by atoms with Gasteiger partial charge in [0.1, 0.15) is 5.75 Å². The predicted molar refractivity (Wildman–Crippen MR) is 71.0 cm³/mol. The molecule has 0 saturated carbocycles. The van der Waals surface area contributed by atoms with Gasteiger partial charge < -0.3 is 9.84 Å². The van der Waals surface area contributed by atoms with Crippen molar-refractivity contribution < 1.29 is 14.6 Å². The number of hydrogen-bond donors (Lipinski definition) is 1. The van der Waals surface area contributed by atoms with Gasteiger partial charge in [0.2, 0.25) is 0 Å². The average molecular weight is 265 g/mol. The minimum atomic E-state index is -0.324. The summed E-state index contributed by atoms with van der Waals surface area (Å²) < 4.78 is 4.92. The van der Waals surface area contributed by atoms with E-state index in [0.717, 1.165) is 10.8 Å². The molecule has 0 aliphatic heterocycles. The normalized spacial score (nSPS) is 10.6. The van der Waals surface area contributed by atoms with Crippen LogP contribution < -0.4 is 0 Å². The zero-order chi connectivity index (χ0) is 13.1. The molecule has 4 heteroatoms. The second-order valence-electron chi connectivity index (χ2n) is 3.91. The molecule has 0 radical (unpaired) electrons. The minimum Gasteiger partial charge on any atom is -0.508 e. The Balaban J connectivity index is 2.50. The van der Waals surface area contributed by atoms with Crippen molar-refractivity contribution in [2.45, 2.75) is 13.3 Å². The standard InChI is InChI=1S/C14H13ClO3/c1-2-18-14(17)8-12-11-7-10(16)5-3-9(11)4-6-13(12)15/h3-7,16H,2,8H2,1H3. The van der Waals surface area contributed by atoms with Crippen LogP contribution in [0.2, 0.25) is 5.02 Å². The van der Waals surface area contributed by atoms with Crippen LogP contribution in [0.3, 0.4) is 0 Å². The molecule has 0 fully saturated rings. The Hall–Kier alpha value is -1.74. The lowest BCUT2D eigenvalue weighted by Crippen LogP contribution is -2.08. The van der Waals surface area contributed by atoms with Crippen molar-refractivity contribution in [2.75, 3.05) is 6.61 Å². The number of ether oxygens (including phenoxy) is 1. The highest BCUT2D eigenvalue weighted by molar-refractivity contribution is 6.32. The van der Waals surface area contributed by atoms with Crippen LogP contribution in [-0.4, -0.2) is 17.7 Å². The molecule has 2 aromatic carbocycles. The average Bonchev–Trinajstić information content (AvgIpc) is 2.33. The summed E-state index contributed by atoms with van der Waals surface area (Å²) in [6.45, 7) is 2.10. The third-order valence-electron chi connectivity index (χ3n) is 2.69. The maximum Gasteiger partial charge on any atom is 0.310 e. The van der Waals surface area contributed by atoms with E-state index < -0.39 is 0 Å². The number of benzene rings is 2. The number of phenols is 1. The fourth-order valence-corrected chi connectivity index (χ4v) is 2.11. The van der Waals surface area contributed by atoms with Gasteiger partial charge >= 0.3 is 5.97 Å². The Morgan fingerprint density at radius 1 is 1.33 bits per heavy atom. The third kappa shape index (κ3) is 2.57. The number of rotatable bonds is 3. The molecule has 0 atom stereocenters. The summed E-state index contributed by atoms with van der Waals surface area (Å²) in [5.41, 5.74) is 0.684. The smallest absolute Gasteiger partial charge is 0.310 e. The first kappa shape index (κ1) is 12.7. The van der Waals surface area contributed by atoms with Gasteiger partial charge in [-0.1, -0.05) is 23.7 Å². The minimum absolute atomic E-state index is 0.105. The van der Waals surface area contributed by atoms with E-state index >= 15 is 0 Å². The fraction of sp³-hybridized carbons (Fsp3) is 0.214.